The summed E-state index contributed by atoms with van der Waals surface area (Å²) in [5.41, 5.74) is 0. The first-order valence-electron chi connectivity index (χ1n) is 28.0. The van der Waals surface area contributed by atoms with E-state index in [1.165, 1.54) is 83.5 Å². The van der Waals surface area contributed by atoms with Gasteiger partial charge in [0.15, 0.2) is 6.10 Å². The van der Waals surface area contributed by atoms with E-state index >= 15 is 0 Å². The molecule has 0 aromatic rings. The van der Waals surface area contributed by atoms with E-state index in [-0.39, 0.29) is 31.6 Å². The van der Waals surface area contributed by atoms with Gasteiger partial charge in [0, 0.05) is 19.3 Å². The number of allylic oxidation sites excluding steroid dienone is 20. The summed E-state index contributed by atoms with van der Waals surface area (Å²) < 4.78 is 16.8. The van der Waals surface area contributed by atoms with Crippen molar-refractivity contribution in [2.45, 2.75) is 245 Å². The van der Waals surface area contributed by atoms with Gasteiger partial charge in [-0.3, -0.25) is 14.4 Å². The van der Waals surface area contributed by atoms with Crippen LogP contribution < -0.4 is 0 Å². The van der Waals surface area contributed by atoms with E-state index in [2.05, 4.69) is 130 Å². The maximum absolute atomic E-state index is 12.8. The monoisotopic (exact) mass is 955 g/mol. The lowest BCUT2D eigenvalue weighted by atomic mass is 10.1. The highest BCUT2D eigenvalue weighted by atomic mass is 16.6. The first-order chi connectivity index (χ1) is 34.0. The smallest absolute Gasteiger partial charge is 0.306 e. The van der Waals surface area contributed by atoms with Gasteiger partial charge in [0.05, 0.1) is 0 Å². The van der Waals surface area contributed by atoms with Crippen LogP contribution in [0, 0.1) is 0 Å². The molecule has 6 heteroatoms. The Morgan fingerprint density at radius 3 is 0.942 bits per heavy atom. The van der Waals surface area contributed by atoms with Crippen LogP contribution in [0.15, 0.2) is 122 Å². The SMILES string of the molecule is CC/C=C\C/C=C\C/C=C\C/C=C\C/C=C\C/C=C\CCC(=O)OC(COC(=O)CCCCCCCCCC/C=C\C/C=C\C/C=C\C/C=C\CC)COC(=O)CCCCCCCCCCCCC. The number of rotatable bonds is 49. The minimum Gasteiger partial charge on any atom is -0.462 e. The van der Waals surface area contributed by atoms with E-state index in [4.69, 9.17) is 14.2 Å². The Hall–Kier alpha value is -4.19. The van der Waals surface area contributed by atoms with Crippen molar-refractivity contribution >= 4 is 17.9 Å². The predicted molar refractivity (Wildman–Crippen MR) is 297 cm³/mol. The third-order valence-corrected chi connectivity index (χ3v) is 11.5. The summed E-state index contributed by atoms with van der Waals surface area (Å²) in [5, 5.41) is 0. The standard InChI is InChI=1S/C63H102O6/c1-4-7-10-13-16-19-22-24-26-28-30-31-33-34-36-38-41-44-47-50-53-56-62(65)68-59-60(58-67-61(64)55-52-49-46-43-40-21-18-15-12-9-6-3)69-63(66)57-54-51-48-45-42-39-37-35-32-29-27-25-23-20-17-14-11-8-5-2/h7-8,10-11,16-17,19-20,24-27,30-32,35,39,42,48,51,60H,4-6,9,12-15,18,21-23,28-29,33-34,36-38,40-41,43-47,49-50,52-59H2,1-3H3/b10-7-,11-8-,19-16-,20-17-,26-24-,27-25-,31-30-,35-32-,42-39-,51-48-. The summed E-state index contributed by atoms with van der Waals surface area (Å²) in [7, 11) is 0. The molecular formula is C63H102O6. The minimum atomic E-state index is -0.823. The van der Waals surface area contributed by atoms with Crippen LogP contribution in [-0.2, 0) is 28.6 Å². The zero-order chi connectivity index (χ0) is 50.0. The second kappa shape index (κ2) is 56.4. The van der Waals surface area contributed by atoms with E-state index in [9.17, 15) is 14.4 Å². The molecule has 0 fully saturated rings. The van der Waals surface area contributed by atoms with E-state index < -0.39 is 12.1 Å². The Morgan fingerprint density at radius 2 is 0.594 bits per heavy atom. The fraction of sp³-hybridized carbons (Fsp3) is 0.635. The zero-order valence-corrected chi connectivity index (χ0v) is 44.5. The van der Waals surface area contributed by atoms with Gasteiger partial charge in [-0.1, -0.05) is 245 Å². The molecule has 0 radical (unpaired) electrons. The van der Waals surface area contributed by atoms with Crippen molar-refractivity contribution in [2.75, 3.05) is 13.2 Å². The van der Waals surface area contributed by atoms with Gasteiger partial charge in [-0.25, -0.2) is 0 Å². The van der Waals surface area contributed by atoms with Gasteiger partial charge in [-0.05, 0) is 96.3 Å². The molecule has 0 aromatic heterocycles. The molecule has 1 unspecified atom stereocenters. The number of ether oxygens (including phenoxy) is 3. The first kappa shape index (κ1) is 64.8. The second-order valence-corrected chi connectivity index (χ2v) is 18.1. The summed E-state index contributed by atoms with van der Waals surface area (Å²) in [6, 6.07) is 0. The molecule has 0 spiro atoms. The van der Waals surface area contributed by atoms with Crippen LogP contribution in [0.25, 0.3) is 0 Å². The number of unbranched alkanes of at least 4 members (excludes halogenated alkanes) is 18. The normalized spacial score (nSPS) is 13.0. The first-order valence-corrected chi connectivity index (χ1v) is 28.0. The minimum absolute atomic E-state index is 0.112. The quantitative estimate of drug-likeness (QED) is 0.0262. The molecular weight excluding hydrogens is 853 g/mol. The third-order valence-electron chi connectivity index (χ3n) is 11.5. The topological polar surface area (TPSA) is 78.9 Å². The van der Waals surface area contributed by atoms with Crippen LogP contribution in [0.2, 0.25) is 0 Å². The van der Waals surface area contributed by atoms with Crippen LogP contribution in [0.3, 0.4) is 0 Å². The summed E-state index contributed by atoms with van der Waals surface area (Å²) >= 11 is 0. The van der Waals surface area contributed by atoms with Crippen molar-refractivity contribution in [3.8, 4) is 0 Å². The van der Waals surface area contributed by atoms with Crippen LogP contribution >= 0.6 is 0 Å². The number of hydrogen-bond donors (Lipinski definition) is 0. The van der Waals surface area contributed by atoms with Crippen molar-refractivity contribution < 1.29 is 28.6 Å². The van der Waals surface area contributed by atoms with Crippen molar-refractivity contribution in [1.29, 1.82) is 0 Å². The lowest BCUT2D eigenvalue weighted by molar-refractivity contribution is -0.166. The van der Waals surface area contributed by atoms with Crippen LogP contribution in [-0.4, -0.2) is 37.2 Å². The Balaban J connectivity index is 4.47. The highest BCUT2D eigenvalue weighted by Crippen LogP contribution is 2.14. The summed E-state index contributed by atoms with van der Waals surface area (Å²) in [5.74, 6) is -1.01. The van der Waals surface area contributed by atoms with Crippen molar-refractivity contribution in [1.82, 2.24) is 0 Å². The molecule has 1 atom stereocenters. The zero-order valence-electron chi connectivity index (χ0n) is 44.5. The molecule has 0 aliphatic heterocycles. The molecule has 0 N–H and O–H groups in total. The average Bonchev–Trinajstić information content (AvgIpc) is 3.35. The molecule has 0 rings (SSSR count). The fourth-order valence-corrected chi connectivity index (χ4v) is 7.34. The molecule has 390 valence electrons. The number of esters is 3. The maximum Gasteiger partial charge on any atom is 0.306 e. The summed E-state index contributed by atoms with van der Waals surface area (Å²) in [4.78, 5) is 38.1. The third kappa shape index (κ3) is 54.6. The number of hydrogen-bond acceptors (Lipinski definition) is 6. The molecule has 0 heterocycles. The lowest BCUT2D eigenvalue weighted by Crippen LogP contribution is -2.30. The lowest BCUT2D eigenvalue weighted by Gasteiger charge is -2.18. The van der Waals surface area contributed by atoms with E-state index in [0.717, 1.165) is 109 Å². The van der Waals surface area contributed by atoms with Crippen molar-refractivity contribution in [3.05, 3.63) is 122 Å². The van der Waals surface area contributed by atoms with Gasteiger partial charge in [0.1, 0.15) is 13.2 Å². The molecule has 6 nitrogen and oxygen atoms in total. The molecule has 0 bridgehead atoms. The average molecular weight is 956 g/mol. The van der Waals surface area contributed by atoms with Crippen molar-refractivity contribution in [2.24, 2.45) is 0 Å². The number of carbonyl (C=O) groups excluding carboxylic acids is 3. The maximum atomic E-state index is 12.8. The van der Waals surface area contributed by atoms with Gasteiger partial charge in [0.25, 0.3) is 0 Å². The Bertz CT molecular complexity index is 1470. The van der Waals surface area contributed by atoms with Gasteiger partial charge in [0.2, 0.25) is 0 Å². The summed E-state index contributed by atoms with van der Waals surface area (Å²) in [6.45, 7) is 6.33. The fourth-order valence-electron chi connectivity index (χ4n) is 7.34. The Labute approximate surface area is 424 Å². The van der Waals surface area contributed by atoms with E-state index in [0.29, 0.717) is 19.3 Å². The van der Waals surface area contributed by atoms with E-state index in [1.54, 1.807) is 0 Å². The largest absolute Gasteiger partial charge is 0.462 e. The van der Waals surface area contributed by atoms with Gasteiger partial charge >= 0.3 is 17.9 Å². The van der Waals surface area contributed by atoms with Crippen LogP contribution in [0.5, 0.6) is 0 Å². The van der Waals surface area contributed by atoms with Gasteiger partial charge in [-0.15, -0.1) is 0 Å². The van der Waals surface area contributed by atoms with Crippen LogP contribution in [0.1, 0.15) is 239 Å². The Kier molecular flexibility index (Phi) is 53.0. The summed E-state index contributed by atoms with van der Waals surface area (Å²) in [6.07, 6.45) is 77.7. The molecule has 0 aliphatic carbocycles. The molecule has 0 amide bonds. The van der Waals surface area contributed by atoms with E-state index in [1.807, 2.05) is 12.2 Å². The molecule has 0 saturated carbocycles. The van der Waals surface area contributed by atoms with Gasteiger partial charge < -0.3 is 14.2 Å². The van der Waals surface area contributed by atoms with Crippen molar-refractivity contribution in [3.63, 3.8) is 0 Å². The molecule has 0 aromatic carbocycles. The Morgan fingerprint density at radius 1 is 0.304 bits per heavy atom. The highest BCUT2D eigenvalue weighted by Gasteiger charge is 2.19. The number of carbonyl (C=O) groups is 3. The molecule has 0 saturated heterocycles. The van der Waals surface area contributed by atoms with Crippen LogP contribution in [0.4, 0.5) is 0 Å². The molecule has 69 heavy (non-hydrogen) atoms. The second-order valence-electron chi connectivity index (χ2n) is 18.1. The highest BCUT2D eigenvalue weighted by molar-refractivity contribution is 5.71. The molecule has 0 aliphatic rings. The predicted octanol–water partition coefficient (Wildman–Crippen LogP) is 18.9. The van der Waals surface area contributed by atoms with Gasteiger partial charge in [-0.2, -0.15) is 0 Å².